The van der Waals surface area contributed by atoms with E-state index < -0.39 is 0 Å². The van der Waals surface area contributed by atoms with Gasteiger partial charge in [-0.05, 0) is 24.3 Å². The van der Waals surface area contributed by atoms with Crippen molar-refractivity contribution in [2.75, 3.05) is 25.8 Å². The Morgan fingerprint density at radius 2 is 2.00 bits per heavy atom. The minimum atomic E-state index is -0.344. The number of methoxy groups -OCH3 is 2. The number of rotatable bonds is 5. The second-order valence-electron chi connectivity index (χ2n) is 3.77. The molecule has 0 saturated carbocycles. The molecule has 0 radical (unpaired) electrons. The first-order valence-corrected chi connectivity index (χ1v) is 6.68. The van der Waals surface area contributed by atoms with Crippen molar-refractivity contribution in [2.45, 2.75) is 5.16 Å². The average Bonchev–Trinajstić information content (AvgIpc) is 2.86. The molecule has 1 aromatic heterocycles. The van der Waals surface area contributed by atoms with Crippen molar-refractivity contribution in [3.8, 4) is 17.1 Å². The molecular formula is C12H14N4O3S. The molecule has 0 atom stereocenters. The maximum Gasteiger partial charge on any atom is 0.316 e. The molecule has 20 heavy (non-hydrogen) atoms. The molecule has 1 heterocycles. The number of hydrogen-bond donors (Lipinski definition) is 1. The Balaban J connectivity index is 2.16. The molecule has 0 amide bonds. The zero-order chi connectivity index (χ0) is 14.5. The molecule has 0 aliphatic heterocycles. The molecule has 2 N–H and O–H groups in total. The van der Waals surface area contributed by atoms with E-state index >= 15 is 0 Å². The minimum absolute atomic E-state index is 0.133. The van der Waals surface area contributed by atoms with Crippen molar-refractivity contribution in [1.82, 2.24) is 14.9 Å². The van der Waals surface area contributed by atoms with Crippen molar-refractivity contribution >= 4 is 17.7 Å². The lowest BCUT2D eigenvalue weighted by Crippen LogP contribution is -2.13. The van der Waals surface area contributed by atoms with Gasteiger partial charge in [0.1, 0.15) is 5.75 Å². The highest BCUT2D eigenvalue weighted by Gasteiger charge is 2.13. The van der Waals surface area contributed by atoms with Gasteiger partial charge in [0.2, 0.25) is 5.16 Å². The topological polar surface area (TPSA) is 92.3 Å². The van der Waals surface area contributed by atoms with Crippen LogP contribution in [0.1, 0.15) is 0 Å². The molecule has 0 spiro atoms. The Labute approximate surface area is 120 Å². The SMILES string of the molecule is COC(=O)CSc1nnc(-c2ccc(OC)cc2)n1N. The van der Waals surface area contributed by atoms with Crippen LogP contribution in [-0.2, 0) is 9.53 Å². The Bertz CT molecular complexity index is 597. The first-order valence-electron chi connectivity index (χ1n) is 5.70. The van der Waals surface area contributed by atoms with Gasteiger partial charge in [0, 0.05) is 5.56 Å². The van der Waals surface area contributed by atoms with E-state index in [1.165, 1.54) is 23.5 Å². The second-order valence-corrected chi connectivity index (χ2v) is 4.71. The molecule has 0 aliphatic rings. The minimum Gasteiger partial charge on any atom is -0.497 e. The van der Waals surface area contributed by atoms with E-state index in [-0.39, 0.29) is 11.7 Å². The standard InChI is InChI=1S/C12H14N4O3S/c1-18-9-5-3-8(4-6-9)11-14-15-12(16(11)13)20-7-10(17)19-2/h3-6H,7,13H2,1-2H3. The van der Waals surface area contributed by atoms with E-state index in [9.17, 15) is 4.79 Å². The van der Waals surface area contributed by atoms with E-state index in [2.05, 4.69) is 14.9 Å². The lowest BCUT2D eigenvalue weighted by molar-refractivity contribution is -0.137. The van der Waals surface area contributed by atoms with E-state index in [0.29, 0.717) is 11.0 Å². The summed E-state index contributed by atoms with van der Waals surface area (Å²) in [4.78, 5) is 11.1. The van der Waals surface area contributed by atoms with Gasteiger partial charge in [-0.25, -0.2) is 4.68 Å². The lowest BCUT2D eigenvalue weighted by atomic mass is 10.2. The van der Waals surface area contributed by atoms with Crippen molar-refractivity contribution in [2.24, 2.45) is 0 Å². The Hall–Kier alpha value is -2.22. The molecule has 8 heteroatoms. The van der Waals surface area contributed by atoms with Crippen LogP contribution in [0.4, 0.5) is 0 Å². The van der Waals surface area contributed by atoms with Crippen molar-refractivity contribution in [3.05, 3.63) is 24.3 Å². The van der Waals surface area contributed by atoms with Crippen LogP contribution in [0.2, 0.25) is 0 Å². The van der Waals surface area contributed by atoms with Crippen molar-refractivity contribution < 1.29 is 14.3 Å². The quantitative estimate of drug-likeness (QED) is 0.498. The Kier molecular flexibility index (Phi) is 4.46. The number of carbonyl (C=O) groups is 1. The highest BCUT2D eigenvalue weighted by Crippen LogP contribution is 2.23. The van der Waals surface area contributed by atoms with Gasteiger partial charge in [-0.1, -0.05) is 11.8 Å². The number of thioether (sulfide) groups is 1. The van der Waals surface area contributed by atoms with Gasteiger partial charge in [0.05, 0.1) is 20.0 Å². The summed E-state index contributed by atoms with van der Waals surface area (Å²) in [5.74, 6) is 6.97. The predicted molar refractivity (Wildman–Crippen MR) is 74.9 cm³/mol. The van der Waals surface area contributed by atoms with Crippen LogP contribution in [0.15, 0.2) is 29.4 Å². The van der Waals surface area contributed by atoms with Crippen LogP contribution < -0.4 is 10.6 Å². The monoisotopic (exact) mass is 294 g/mol. The number of ether oxygens (including phenoxy) is 2. The van der Waals surface area contributed by atoms with Crippen molar-refractivity contribution in [1.29, 1.82) is 0 Å². The summed E-state index contributed by atoms with van der Waals surface area (Å²) >= 11 is 1.17. The number of esters is 1. The van der Waals surface area contributed by atoms with Gasteiger partial charge in [0.15, 0.2) is 5.82 Å². The van der Waals surface area contributed by atoms with Crippen LogP contribution in [0.5, 0.6) is 5.75 Å². The van der Waals surface area contributed by atoms with Gasteiger partial charge in [-0.2, -0.15) is 0 Å². The number of nitrogen functional groups attached to an aromatic ring is 1. The molecule has 106 valence electrons. The van der Waals surface area contributed by atoms with Crippen LogP contribution in [0.3, 0.4) is 0 Å². The molecule has 7 nitrogen and oxygen atoms in total. The van der Waals surface area contributed by atoms with Crippen LogP contribution in [-0.4, -0.2) is 40.8 Å². The third kappa shape index (κ3) is 3.02. The van der Waals surface area contributed by atoms with Crippen LogP contribution in [0, 0.1) is 0 Å². The van der Waals surface area contributed by atoms with Gasteiger partial charge in [0.25, 0.3) is 0 Å². The van der Waals surface area contributed by atoms with Crippen LogP contribution in [0.25, 0.3) is 11.4 Å². The zero-order valence-electron chi connectivity index (χ0n) is 11.1. The summed E-state index contributed by atoms with van der Waals surface area (Å²) in [5, 5.41) is 8.42. The van der Waals surface area contributed by atoms with E-state index in [0.717, 1.165) is 11.3 Å². The first kappa shape index (κ1) is 14.2. The molecule has 1 aromatic carbocycles. The smallest absolute Gasteiger partial charge is 0.316 e. The normalized spacial score (nSPS) is 10.3. The molecule has 0 unspecified atom stereocenters. The number of nitrogens with two attached hydrogens (primary N) is 1. The van der Waals surface area contributed by atoms with Gasteiger partial charge >= 0.3 is 5.97 Å². The fourth-order valence-electron chi connectivity index (χ4n) is 1.49. The summed E-state index contributed by atoms with van der Waals surface area (Å²) < 4.78 is 11.0. The lowest BCUT2D eigenvalue weighted by Gasteiger charge is -2.04. The maximum atomic E-state index is 11.1. The average molecular weight is 294 g/mol. The zero-order valence-corrected chi connectivity index (χ0v) is 11.9. The van der Waals surface area contributed by atoms with Gasteiger partial charge in [-0.3, -0.25) is 4.79 Å². The summed E-state index contributed by atoms with van der Waals surface area (Å²) in [6.45, 7) is 0. The summed E-state index contributed by atoms with van der Waals surface area (Å²) in [5.41, 5.74) is 0.811. The second kappa shape index (κ2) is 6.29. The molecule has 0 bridgehead atoms. The molecule has 0 aliphatic carbocycles. The Morgan fingerprint density at radius 3 is 2.60 bits per heavy atom. The largest absolute Gasteiger partial charge is 0.497 e. The number of aromatic nitrogens is 3. The maximum absolute atomic E-state index is 11.1. The third-order valence-corrected chi connectivity index (χ3v) is 3.48. The molecule has 0 saturated heterocycles. The summed E-state index contributed by atoms with van der Waals surface area (Å²) in [7, 11) is 2.93. The van der Waals surface area contributed by atoms with E-state index in [1.54, 1.807) is 7.11 Å². The molecule has 2 aromatic rings. The van der Waals surface area contributed by atoms with Gasteiger partial charge < -0.3 is 15.3 Å². The fraction of sp³-hybridized carbons (Fsp3) is 0.250. The van der Waals surface area contributed by atoms with Crippen molar-refractivity contribution in [3.63, 3.8) is 0 Å². The highest BCUT2D eigenvalue weighted by molar-refractivity contribution is 7.99. The Morgan fingerprint density at radius 1 is 1.30 bits per heavy atom. The van der Waals surface area contributed by atoms with E-state index in [4.69, 9.17) is 10.6 Å². The van der Waals surface area contributed by atoms with E-state index in [1.807, 2.05) is 24.3 Å². The summed E-state index contributed by atoms with van der Waals surface area (Å²) in [6, 6.07) is 7.29. The number of nitrogens with zero attached hydrogens (tertiary/aromatic N) is 3. The number of hydrogen-bond acceptors (Lipinski definition) is 7. The molecular weight excluding hydrogens is 280 g/mol. The first-order chi connectivity index (χ1) is 9.65. The highest BCUT2D eigenvalue weighted by atomic mass is 32.2. The predicted octanol–water partition coefficient (Wildman–Crippen LogP) is 0.933. The molecule has 0 fully saturated rings. The third-order valence-electron chi connectivity index (χ3n) is 2.56. The van der Waals surface area contributed by atoms with Gasteiger partial charge in [-0.15, -0.1) is 10.2 Å². The fourth-order valence-corrected chi connectivity index (χ4v) is 2.18. The van der Waals surface area contributed by atoms with Crippen LogP contribution >= 0.6 is 11.8 Å². The molecule has 2 rings (SSSR count). The number of benzene rings is 1. The number of carbonyl (C=O) groups excluding carboxylic acids is 1. The summed E-state index contributed by atoms with van der Waals surface area (Å²) in [6.07, 6.45) is 0.